The highest BCUT2D eigenvalue weighted by atomic mass is 16.3. The van der Waals surface area contributed by atoms with Gasteiger partial charge in [0.1, 0.15) is 0 Å². The first-order valence-corrected chi connectivity index (χ1v) is 7.78. The van der Waals surface area contributed by atoms with Gasteiger partial charge in [0.05, 0.1) is 6.61 Å². The van der Waals surface area contributed by atoms with Gasteiger partial charge in [-0.1, -0.05) is 52.8 Å². The summed E-state index contributed by atoms with van der Waals surface area (Å²) >= 11 is 0. The number of aliphatic hydroxyl groups is 1. The number of aliphatic hydroxyl groups excluding tert-OH is 1. The zero-order valence-electron chi connectivity index (χ0n) is 14.0. The van der Waals surface area contributed by atoms with Crippen LogP contribution in [0.15, 0.2) is 24.3 Å². The van der Waals surface area contributed by atoms with Crippen molar-refractivity contribution in [2.24, 2.45) is 5.41 Å². The van der Waals surface area contributed by atoms with Crippen LogP contribution in [0.3, 0.4) is 0 Å². The van der Waals surface area contributed by atoms with Crippen molar-refractivity contribution in [1.82, 2.24) is 5.32 Å². The molecule has 1 aromatic rings. The Bertz CT molecular complexity index is 462. The number of hydrogen-bond acceptors (Lipinski definition) is 2. The number of carbonyl (C=O) groups is 1. The lowest BCUT2D eigenvalue weighted by Crippen LogP contribution is -2.40. The lowest BCUT2D eigenvalue weighted by molar-refractivity contribution is 0.0849. The fourth-order valence-corrected chi connectivity index (χ4v) is 2.48. The number of carbonyl (C=O) groups excluding carboxylic acids is 1. The van der Waals surface area contributed by atoms with E-state index in [1.807, 2.05) is 24.3 Å². The Kier molecular flexibility index (Phi) is 5.97. The first kappa shape index (κ1) is 17.7. The molecule has 0 unspecified atom stereocenters. The first-order valence-electron chi connectivity index (χ1n) is 7.78. The molecule has 21 heavy (non-hydrogen) atoms. The van der Waals surface area contributed by atoms with Gasteiger partial charge in [0.2, 0.25) is 0 Å². The van der Waals surface area contributed by atoms with E-state index in [1.165, 1.54) is 0 Å². The van der Waals surface area contributed by atoms with Crippen molar-refractivity contribution in [2.45, 2.75) is 52.9 Å². The van der Waals surface area contributed by atoms with Crippen LogP contribution in [0.4, 0.5) is 0 Å². The summed E-state index contributed by atoms with van der Waals surface area (Å²) in [5, 5.41) is 12.6. The molecule has 1 aromatic carbocycles. The van der Waals surface area contributed by atoms with E-state index in [2.05, 4.69) is 39.9 Å². The fraction of sp³-hybridized carbons (Fsp3) is 0.611. The second-order valence-electron chi connectivity index (χ2n) is 6.84. The van der Waals surface area contributed by atoms with E-state index in [1.54, 1.807) is 0 Å². The Morgan fingerprint density at radius 2 is 1.71 bits per heavy atom. The molecule has 1 rings (SSSR count). The van der Waals surface area contributed by atoms with Crippen LogP contribution >= 0.6 is 0 Å². The zero-order chi connectivity index (χ0) is 16.1. The van der Waals surface area contributed by atoms with Crippen molar-refractivity contribution in [3.8, 4) is 0 Å². The van der Waals surface area contributed by atoms with Crippen molar-refractivity contribution in [2.75, 3.05) is 13.2 Å². The molecule has 0 aromatic heterocycles. The molecule has 0 saturated carbocycles. The summed E-state index contributed by atoms with van der Waals surface area (Å²) in [7, 11) is 0. The Balaban J connectivity index is 2.91. The molecule has 0 bridgehead atoms. The fourth-order valence-electron chi connectivity index (χ4n) is 2.48. The number of amides is 1. The minimum Gasteiger partial charge on any atom is -0.396 e. The largest absolute Gasteiger partial charge is 0.396 e. The predicted molar refractivity (Wildman–Crippen MR) is 87.6 cm³/mol. The molecule has 2 N–H and O–H groups in total. The van der Waals surface area contributed by atoms with Crippen molar-refractivity contribution < 1.29 is 9.90 Å². The van der Waals surface area contributed by atoms with Gasteiger partial charge >= 0.3 is 0 Å². The van der Waals surface area contributed by atoms with Crippen molar-refractivity contribution in [3.05, 3.63) is 35.4 Å². The van der Waals surface area contributed by atoms with Gasteiger partial charge in [0.15, 0.2) is 0 Å². The molecule has 0 radical (unpaired) electrons. The number of hydrogen-bond donors (Lipinski definition) is 2. The average Bonchev–Trinajstić information content (AvgIpc) is 2.48. The molecule has 0 atom stereocenters. The number of rotatable bonds is 6. The highest BCUT2D eigenvalue weighted by Gasteiger charge is 2.27. The zero-order valence-corrected chi connectivity index (χ0v) is 14.0. The molecule has 0 aliphatic carbocycles. The number of nitrogens with one attached hydrogen (secondary N) is 1. The van der Waals surface area contributed by atoms with E-state index < -0.39 is 0 Å². The van der Waals surface area contributed by atoms with Crippen LogP contribution < -0.4 is 5.32 Å². The third-order valence-electron chi connectivity index (χ3n) is 4.44. The van der Waals surface area contributed by atoms with Crippen LogP contribution in [0.1, 0.15) is 63.4 Å². The lowest BCUT2D eigenvalue weighted by atomic mass is 9.82. The van der Waals surface area contributed by atoms with E-state index in [0.717, 1.165) is 24.0 Å². The van der Waals surface area contributed by atoms with Crippen LogP contribution in [-0.2, 0) is 5.41 Å². The standard InChI is InChI=1S/C18H29NO2/c1-6-18(7-2,13-20)12-19-16(21)14-10-8-9-11-15(14)17(3,4)5/h8-11,20H,6-7,12-13H2,1-5H3,(H,19,21). The SMILES string of the molecule is CCC(CC)(CO)CNC(=O)c1ccccc1C(C)(C)C. The van der Waals surface area contributed by atoms with Crippen LogP contribution in [0.5, 0.6) is 0 Å². The Morgan fingerprint density at radius 1 is 1.14 bits per heavy atom. The maximum atomic E-state index is 12.5. The Labute approximate surface area is 128 Å². The molecule has 0 aliphatic heterocycles. The van der Waals surface area contributed by atoms with Gasteiger partial charge in [-0.25, -0.2) is 0 Å². The molecule has 0 saturated heterocycles. The van der Waals surface area contributed by atoms with Gasteiger partial charge in [-0.05, 0) is 29.9 Å². The lowest BCUT2D eigenvalue weighted by Gasteiger charge is -2.30. The Morgan fingerprint density at radius 3 is 2.19 bits per heavy atom. The van der Waals surface area contributed by atoms with E-state index in [0.29, 0.717) is 6.54 Å². The van der Waals surface area contributed by atoms with E-state index >= 15 is 0 Å². The van der Waals surface area contributed by atoms with E-state index in [9.17, 15) is 9.90 Å². The minimum absolute atomic E-state index is 0.0553. The molecule has 0 fully saturated rings. The summed E-state index contributed by atoms with van der Waals surface area (Å²) in [6.45, 7) is 11.0. The third kappa shape index (κ3) is 4.31. The Hall–Kier alpha value is -1.35. The summed E-state index contributed by atoms with van der Waals surface area (Å²) < 4.78 is 0. The number of benzene rings is 1. The topological polar surface area (TPSA) is 49.3 Å². The minimum atomic E-state index is -0.216. The third-order valence-corrected chi connectivity index (χ3v) is 4.44. The van der Waals surface area contributed by atoms with Crippen LogP contribution in [-0.4, -0.2) is 24.2 Å². The second kappa shape index (κ2) is 7.08. The van der Waals surface area contributed by atoms with Crippen LogP contribution in [0.2, 0.25) is 0 Å². The van der Waals surface area contributed by atoms with E-state index in [4.69, 9.17) is 0 Å². The summed E-state index contributed by atoms with van der Waals surface area (Å²) in [4.78, 5) is 12.5. The maximum absolute atomic E-state index is 12.5. The molecular formula is C18H29NO2. The monoisotopic (exact) mass is 291 g/mol. The average molecular weight is 291 g/mol. The molecule has 3 heteroatoms. The summed E-state index contributed by atoms with van der Waals surface area (Å²) in [5.74, 6) is -0.0553. The first-order chi connectivity index (χ1) is 9.79. The van der Waals surface area contributed by atoms with Crippen molar-refractivity contribution >= 4 is 5.91 Å². The van der Waals surface area contributed by atoms with Crippen molar-refractivity contribution in [3.63, 3.8) is 0 Å². The van der Waals surface area contributed by atoms with Crippen LogP contribution in [0.25, 0.3) is 0 Å². The highest BCUT2D eigenvalue weighted by Crippen LogP contribution is 2.27. The van der Waals surface area contributed by atoms with Gasteiger partial charge in [0.25, 0.3) is 5.91 Å². The quantitative estimate of drug-likeness (QED) is 0.842. The van der Waals surface area contributed by atoms with Gasteiger partial charge in [-0.3, -0.25) is 4.79 Å². The maximum Gasteiger partial charge on any atom is 0.251 e. The molecule has 1 amide bonds. The van der Waals surface area contributed by atoms with Crippen molar-refractivity contribution in [1.29, 1.82) is 0 Å². The second-order valence-corrected chi connectivity index (χ2v) is 6.84. The van der Waals surface area contributed by atoms with Gasteiger partial charge < -0.3 is 10.4 Å². The molecule has 3 nitrogen and oxygen atoms in total. The van der Waals surface area contributed by atoms with Gasteiger partial charge in [0, 0.05) is 17.5 Å². The molecular weight excluding hydrogens is 262 g/mol. The smallest absolute Gasteiger partial charge is 0.251 e. The highest BCUT2D eigenvalue weighted by molar-refractivity contribution is 5.96. The van der Waals surface area contributed by atoms with Crippen LogP contribution in [0, 0.1) is 5.41 Å². The summed E-state index contributed by atoms with van der Waals surface area (Å²) in [5.41, 5.74) is 1.48. The predicted octanol–water partition coefficient (Wildman–Crippen LogP) is 3.51. The molecule has 0 aliphatic rings. The van der Waals surface area contributed by atoms with Gasteiger partial charge in [-0.2, -0.15) is 0 Å². The summed E-state index contributed by atoms with van der Waals surface area (Å²) in [6.07, 6.45) is 1.70. The molecule has 0 spiro atoms. The molecule has 0 heterocycles. The summed E-state index contributed by atoms with van der Waals surface area (Å²) in [6, 6.07) is 7.73. The normalized spacial score (nSPS) is 12.3. The molecule has 118 valence electrons. The van der Waals surface area contributed by atoms with E-state index in [-0.39, 0.29) is 23.3 Å². The van der Waals surface area contributed by atoms with Gasteiger partial charge in [-0.15, -0.1) is 0 Å².